The Morgan fingerprint density at radius 1 is 1.31 bits per heavy atom. The molecular weight excluding hydrogens is 404 g/mol. The van der Waals surface area contributed by atoms with E-state index >= 15 is 0 Å². The van der Waals surface area contributed by atoms with E-state index in [0.717, 1.165) is 59.7 Å². The molecule has 1 aliphatic rings. The summed E-state index contributed by atoms with van der Waals surface area (Å²) in [6.07, 6.45) is 11.1. The summed E-state index contributed by atoms with van der Waals surface area (Å²) in [5, 5.41) is 15.1. The van der Waals surface area contributed by atoms with Gasteiger partial charge in [0, 0.05) is 42.4 Å². The van der Waals surface area contributed by atoms with Crippen molar-refractivity contribution in [3.8, 4) is 17.3 Å². The summed E-state index contributed by atoms with van der Waals surface area (Å²) >= 11 is 0. The SMILES string of the molecule is CCc1cnc(N2CC[C@H]([C@H](CC#N)n3cc(-c4ncnc5[nH]ccc45)cn3)C2)c(N)n1. The van der Waals surface area contributed by atoms with Crippen LogP contribution in [0.5, 0.6) is 0 Å². The Balaban J connectivity index is 1.39. The second-order valence-corrected chi connectivity index (χ2v) is 8.02. The van der Waals surface area contributed by atoms with Gasteiger partial charge in [-0.1, -0.05) is 6.92 Å². The van der Waals surface area contributed by atoms with Crippen LogP contribution in [0.2, 0.25) is 0 Å². The van der Waals surface area contributed by atoms with E-state index < -0.39 is 0 Å². The maximum atomic E-state index is 9.51. The van der Waals surface area contributed by atoms with E-state index in [1.807, 2.05) is 30.1 Å². The number of nitriles is 1. The molecule has 3 N–H and O–H groups in total. The highest BCUT2D eigenvalue weighted by molar-refractivity contribution is 5.89. The van der Waals surface area contributed by atoms with Crippen molar-refractivity contribution < 1.29 is 0 Å². The highest BCUT2D eigenvalue weighted by Crippen LogP contribution is 2.34. The summed E-state index contributed by atoms with van der Waals surface area (Å²) in [5.41, 5.74) is 9.57. The van der Waals surface area contributed by atoms with Crippen LogP contribution < -0.4 is 10.6 Å². The van der Waals surface area contributed by atoms with Gasteiger partial charge >= 0.3 is 0 Å². The first-order valence-electron chi connectivity index (χ1n) is 10.7. The minimum atomic E-state index is -0.0496. The fraction of sp³-hybridized carbons (Fsp3) is 0.364. The molecule has 0 aliphatic carbocycles. The minimum absolute atomic E-state index is 0.0496. The average molecular weight is 429 g/mol. The molecule has 1 aliphatic heterocycles. The predicted molar refractivity (Wildman–Crippen MR) is 121 cm³/mol. The summed E-state index contributed by atoms with van der Waals surface area (Å²) in [6, 6.07) is 4.24. The van der Waals surface area contributed by atoms with Crippen molar-refractivity contribution in [2.45, 2.75) is 32.2 Å². The van der Waals surface area contributed by atoms with Gasteiger partial charge in [0.05, 0.1) is 42.3 Å². The zero-order chi connectivity index (χ0) is 22.1. The van der Waals surface area contributed by atoms with Crippen molar-refractivity contribution in [1.29, 1.82) is 5.26 Å². The molecule has 0 radical (unpaired) electrons. The van der Waals surface area contributed by atoms with Crippen LogP contribution in [0, 0.1) is 17.2 Å². The lowest BCUT2D eigenvalue weighted by atomic mass is 9.96. The maximum Gasteiger partial charge on any atom is 0.171 e. The number of aromatic amines is 1. The lowest BCUT2D eigenvalue weighted by Crippen LogP contribution is -2.26. The van der Waals surface area contributed by atoms with E-state index in [0.29, 0.717) is 12.2 Å². The van der Waals surface area contributed by atoms with E-state index in [1.54, 1.807) is 18.7 Å². The first-order chi connectivity index (χ1) is 15.7. The molecule has 0 aromatic carbocycles. The van der Waals surface area contributed by atoms with Gasteiger partial charge in [0.2, 0.25) is 0 Å². The molecule has 0 saturated carbocycles. The number of nitrogen functional groups attached to an aromatic ring is 1. The number of anilines is 2. The van der Waals surface area contributed by atoms with E-state index in [4.69, 9.17) is 5.73 Å². The molecule has 0 amide bonds. The van der Waals surface area contributed by atoms with Crippen LogP contribution in [0.3, 0.4) is 0 Å². The van der Waals surface area contributed by atoms with E-state index in [9.17, 15) is 5.26 Å². The molecule has 32 heavy (non-hydrogen) atoms. The largest absolute Gasteiger partial charge is 0.381 e. The number of nitrogens with two attached hydrogens (primary N) is 1. The molecule has 5 rings (SSSR count). The Morgan fingerprint density at radius 3 is 3.03 bits per heavy atom. The molecule has 0 spiro atoms. The van der Waals surface area contributed by atoms with Crippen LogP contribution in [0.25, 0.3) is 22.3 Å². The average Bonchev–Trinajstić information content (AvgIpc) is 3.57. The molecule has 2 atom stereocenters. The quantitative estimate of drug-likeness (QED) is 0.478. The normalized spacial score (nSPS) is 17.0. The predicted octanol–water partition coefficient (Wildman–Crippen LogP) is 2.74. The Labute approximate surface area is 185 Å². The Bertz CT molecular complexity index is 1280. The Hall–Kier alpha value is -4.00. The molecule has 5 heterocycles. The fourth-order valence-corrected chi connectivity index (χ4v) is 4.46. The highest BCUT2D eigenvalue weighted by atomic mass is 15.3. The number of hydrogen-bond acceptors (Lipinski definition) is 8. The summed E-state index contributed by atoms with van der Waals surface area (Å²) in [7, 11) is 0. The summed E-state index contributed by atoms with van der Waals surface area (Å²) in [4.78, 5) is 23.0. The number of fused-ring (bicyclic) bond motifs is 1. The second-order valence-electron chi connectivity index (χ2n) is 8.02. The molecule has 4 aromatic rings. The number of hydrogen-bond donors (Lipinski definition) is 2. The first kappa shape index (κ1) is 19.9. The van der Waals surface area contributed by atoms with Gasteiger partial charge in [-0.3, -0.25) is 4.68 Å². The lowest BCUT2D eigenvalue weighted by molar-refractivity contribution is 0.332. The van der Waals surface area contributed by atoms with Crippen LogP contribution in [0.4, 0.5) is 11.6 Å². The minimum Gasteiger partial charge on any atom is -0.381 e. The molecule has 10 heteroatoms. The molecule has 0 bridgehead atoms. The van der Waals surface area contributed by atoms with Crippen molar-refractivity contribution in [3.63, 3.8) is 0 Å². The number of nitrogens with one attached hydrogen (secondary N) is 1. The summed E-state index contributed by atoms with van der Waals surface area (Å²) < 4.78 is 1.91. The van der Waals surface area contributed by atoms with Crippen LogP contribution in [0.15, 0.2) is 37.2 Å². The van der Waals surface area contributed by atoms with Gasteiger partial charge in [0.25, 0.3) is 0 Å². The molecule has 1 saturated heterocycles. The van der Waals surface area contributed by atoms with Gasteiger partial charge in [-0.05, 0) is 18.9 Å². The maximum absolute atomic E-state index is 9.51. The molecular formula is C22H24N10. The fourth-order valence-electron chi connectivity index (χ4n) is 4.46. The zero-order valence-corrected chi connectivity index (χ0v) is 17.8. The topological polar surface area (TPSA) is 138 Å². The monoisotopic (exact) mass is 428 g/mol. The molecule has 10 nitrogen and oxygen atoms in total. The van der Waals surface area contributed by atoms with E-state index in [-0.39, 0.29) is 12.0 Å². The number of H-pyrrole nitrogens is 1. The number of aromatic nitrogens is 7. The van der Waals surface area contributed by atoms with Crippen molar-refractivity contribution >= 4 is 22.7 Å². The molecule has 0 unspecified atom stereocenters. The first-order valence-corrected chi connectivity index (χ1v) is 10.7. The lowest BCUT2D eigenvalue weighted by Gasteiger charge is -2.23. The molecule has 1 fully saturated rings. The van der Waals surface area contributed by atoms with Crippen LogP contribution in [-0.2, 0) is 6.42 Å². The molecule has 162 valence electrons. The van der Waals surface area contributed by atoms with Crippen molar-refractivity contribution in [3.05, 3.63) is 42.9 Å². The third-order valence-electron chi connectivity index (χ3n) is 6.13. The summed E-state index contributed by atoms with van der Waals surface area (Å²) in [5.74, 6) is 1.42. The Kier molecular flexibility index (Phi) is 5.15. The van der Waals surface area contributed by atoms with E-state index in [1.165, 1.54) is 0 Å². The van der Waals surface area contributed by atoms with Crippen molar-refractivity contribution in [2.75, 3.05) is 23.7 Å². The highest BCUT2D eigenvalue weighted by Gasteiger charge is 2.33. The van der Waals surface area contributed by atoms with Gasteiger partial charge in [-0.15, -0.1) is 0 Å². The van der Waals surface area contributed by atoms with Crippen LogP contribution in [0.1, 0.15) is 31.5 Å². The van der Waals surface area contributed by atoms with Gasteiger partial charge in [0.15, 0.2) is 11.6 Å². The standard InChI is InChI=1S/C22H24N10/c1-2-16-10-26-22(20(24)30-16)31-8-5-14(11-31)18(3-6-23)32-12-15(9-29-32)19-17-4-7-25-21(17)28-13-27-19/h4,7,9-10,12-14,18H,2-3,5,8,11H2,1H3,(H2,24,30)(H,25,27,28)/t14-,18-/m0/s1. The van der Waals surface area contributed by atoms with Crippen LogP contribution >= 0.6 is 0 Å². The van der Waals surface area contributed by atoms with Gasteiger partial charge in [-0.2, -0.15) is 10.4 Å². The van der Waals surface area contributed by atoms with Gasteiger partial charge in [0.1, 0.15) is 12.0 Å². The Morgan fingerprint density at radius 2 is 2.22 bits per heavy atom. The zero-order valence-electron chi connectivity index (χ0n) is 17.8. The van der Waals surface area contributed by atoms with Gasteiger partial charge < -0.3 is 15.6 Å². The number of rotatable bonds is 6. The van der Waals surface area contributed by atoms with Crippen molar-refractivity contribution in [2.24, 2.45) is 5.92 Å². The van der Waals surface area contributed by atoms with E-state index in [2.05, 4.69) is 41.0 Å². The number of aryl methyl sites for hydroxylation is 1. The smallest absolute Gasteiger partial charge is 0.171 e. The third kappa shape index (κ3) is 3.51. The van der Waals surface area contributed by atoms with Gasteiger partial charge in [-0.25, -0.2) is 19.9 Å². The number of nitrogens with zero attached hydrogens (tertiary/aromatic N) is 8. The molecule has 4 aromatic heterocycles. The second kappa shape index (κ2) is 8.26. The third-order valence-corrected chi connectivity index (χ3v) is 6.13. The summed E-state index contributed by atoms with van der Waals surface area (Å²) in [6.45, 7) is 3.60. The van der Waals surface area contributed by atoms with Crippen molar-refractivity contribution in [1.82, 2.24) is 34.7 Å². The van der Waals surface area contributed by atoms with Crippen LogP contribution in [-0.4, -0.2) is 47.8 Å².